The number of hydrogen-bond donors (Lipinski definition) is 2. The van der Waals surface area contributed by atoms with Gasteiger partial charge in [-0.05, 0) is 32.1 Å². The topological polar surface area (TPSA) is 88.3 Å². The van der Waals surface area contributed by atoms with Crippen molar-refractivity contribution < 1.29 is 9.59 Å². The third kappa shape index (κ3) is 3.34. The summed E-state index contributed by atoms with van der Waals surface area (Å²) >= 11 is 1.36. The van der Waals surface area contributed by atoms with Gasteiger partial charge in [0.15, 0.2) is 5.13 Å². The fraction of sp³-hybridized carbons (Fsp3) is 0.643. The first kappa shape index (κ1) is 14.3. The van der Waals surface area contributed by atoms with Crippen LogP contribution in [-0.2, 0) is 16.1 Å². The second-order valence-corrected chi connectivity index (χ2v) is 6.60. The molecular formula is C14H20N4O2S. The van der Waals surface area contributed by atoms with Crippen molar-refractivity contribution in [3.63, 3.8) is 0 Å². The van der Waals surface area contributed by atoms with Gasteiger partial charge in [-0.3, -0.25) is 9.59 Å². The van der Waals surface area contributed by atoms with Gasteiger partial charge >= 0.3 is 0 Å². The van der Waals surface area contributed by atoms with E-state index in [9.17, 15) is 9.59 Å². The third-order valence-electron chi connectivity index (χ3n) is 4.03. The number of carbonyl (C=O) groups is 2. The minimum Gasteiger partial charge on any atom is -0.375 e. The van der Waals surface area contributed by atoms with E-state index in [1.807, 2.05) is 5.38 Å². The number of thiazole rings is 1. The Morgan fingerprint density at radius 1 is 1.38 bits per heavy atom. The van der Waals surface area contributed by atoms with Crippen molar-refractivity contribution in [3.8, 4) is 0 Å². The Labute approximate surface area is 127 Å². The van der Waals surface area contributed by atoms with Gasteiger partial charge < -0.3 is 16.0 Å². The molecule has 1 aliphatic carbocycles. The Hall–Kier alpha value is -1.63. The highest BCUT2D eigenvalue weighted by molar-refractivity contribution is 7.13. The monoisotopic (exact) mass is 308 g/mol. The van der Waals surface area contributed by atoms with Crippen molar-refractivity contribution in [3.05, 3.63) is 11.1 Å². The number of rotatable bonds is 4. The van der Waals surface area contributed by atoms with Crippen molar-refractivity contribution in [1.29, 1.82) is 0 Å². The standard InChI is InChI=1S/C14H20N4O2S/c15-14-17-10(8-21-14)7-16-12(19)11-3-1-2-6-18(11)13(20)9-4-5-9/h8-9,11H,1-7H2,(H2,15,17)(H,16,19). The summed E-state index contributed by atoms with van der Waals surface area (Å²) in [6, 6.07) is -0.317. The molecule has 2 aliphatic rings. The second kappa shape index (κ2) is 6.01. The lowest BCUT2D eigenvalue weighted by atomic mass is 10.0. The van der Waals surface area contributed by atoms with Crippen LogP contribution in [0.5, 0.6) is 0 Å². The number of carbonyl (C=O) groups excluding carboxylic acids is 2. The zero-order chi connectivity index (χ0) is 14.8. The number of likely N-dealkylation sites (tertiary alicyclic amines) is 1. The lowest BCUT2D eigenvalue weighted by Gasteiger charge is -2.34. The van der Waals surface area contributed by atoms with Crippen molar-refractivity contribution in [1.82, 2.24) is 15.2 Å². The zero-order valence-electron chi connectivity index (χ0n) is 11.9. The Balaban J connectivity index is 1.59. The van der Waals surface area contributed by atoms with Crippen LogP contribution >= 0.6 is 11.3 Å². The highest BCUT2D eigenvalue weighted by Crippen LogP contribution is 2.33. The minimum atomic E-state index is -0.317. The number of nitrogen functional groups attached to an aromatic ring is 1. The SMILES string of the molecule is Nc1nc(CNC(=O)C2CCCCN2C(=O)C2CC2)cs1. The molecule has 0 aromatic carbocycles. The van der Waals surface area contributed by atoms with Gasteiger partial charge in [0.25, 0.3) is 0 Å². The first-order valence-corrected chi connectivity index (χ1v) is 8.31. The second-order valence-electron chi connectivity index (χ2n) is 5.71. The van der Waals surface area contributed by atoms with Gasteiger partial charge in [0, 0.05) is 17.8 Å². The number of aromatic nitrogens is 1. The molecule has 6 nitrogen and oxygen atoms in total. The summed E-state index contributed by atoms with van der Waals surface area (Å²) in [7, 11) is 0. The average Bonchev–Trinajstić information content (AvgIpc) is 3.27. The van der Waals surface area contributed by atoms with Crippen molar-refractivity contribution in [2.45, 2.75) is 44.7 Å². The summed E-state index contributed by atoms with van der Waals surface area (Å²) in [5.41, 5.74) is 6.34. The number of nitrogens with two attached hydrogens (primary N) is 1. The smallest absolute Gasteiger partial charge is 0.243 e. The highest BCUT2D eigenvalue weighted by atomic mass is 32.1. The predicted octanol–water partition coefficient (Wildman–Crippen LogP) is 1.13. The van der Waals surface area contributed by atoms with Gasteiger partial charge in [-0.2, -0.15) is 0 Å². The van der Waals surface area contributed by atoms with Gasteiger partial charge in [0.2, 0.25) is 11.8 Å². The van der Waals surface area contributed by atoms with Crippen molar-refractivity contribution in [2.24, 2.45) is 5.92 Å². The van der Waals surface area contributed by atoms with Crippen LogP contribution in [0.1, 0.15) is 37.8 Å². The number of nitrogens with zero attached hydrogens (tertiary/aromatic N) is 2. The lowest BCUT2D eigenvalue weighted by Crippen LogP contribution is -2.52. The Kier molecular flexibility index (Phi) is 4.10. The Bertz CT molecular complexity index is 541. The van der Waals surface area contributed by atoms with E-state index in [0.29, 0.717) is 18.2 Å². The summed E-state index contributed by atoms with van der Waals surface area (Å²) in [6.07, 6.45) is 4.69. The first-order valence-electron chi connectivity index (χ1n) is 7.43. The fourth-order valence-corrected chi connectivity index (χ4v) is 3.29. The summed E-state index contributed by atoms with van der Waals surface area (Å²) in [6.45, 7) is 1.07. The van der Waals surface area contributed by atoms with Gasteiger partial charge in [-0.1, -0.05) is 0 Å². The van der Waals surface area contributed by atoms with E-state index in [-0.39, 0.29) is 23.8 Å². The average molecular weight is 308 g/mol. The molecular weight excluding hydrogens is 288 g/mol. The largest absolute Gasteiger partial charge is 0.375 e. The number of amides is 2. The molecule has 0 bridgehead atoms. The van der Waals surface area contributed by atoms with Crippen LogP contribution in [0.2, 0.25) is 0 Å². The summed E-state index contributed by atoms with van der Waals surface area (Å²) in [5, 5.41) is 5.22. The van der Waals surface area contributed by atoms with Gasteiger partial charge in [-0.25, -0.2) is 4.98 Å². The third-order valence-corrected chi connectivity index (χ3v) is 4.75. The molecule has 2 fully saturated rings. The van der Waals surface area contributed by atoms with E-state index in [1.54, 1.807) is 4.90 Å². The summed E-state index contributed by atoms with van der Waals surface area (Å²) in [5.74, 6) is 0.250. The molecule has 1 aromatic heterocycles. The van der Waals surface area contributed by atoms with Crippen molar-refractivity contribution >= 4 is 28.3 Å². The zero-order valence-corrected chi connectivity index (χ0v) is 12.7. The number of anilines is 1. The molecule has 2 heterocycles. The van der Waals surface area contributed by atoms with E-state index in [0.717, 1.165) is 37.8 Å². The van der Waals surface area contributed by atoms with E-state index >= 15 is 0 Å². The van der Waals surface area contributed by atoms with E-state index in [4.69, 9.17) is 5.73 Å². The highest BCUT2D eigenvalue weighted by Gasteiger charge is 2.39. The molecule has 0 spiro atoms. The van der Waals surface area contributed by atoms with Gasteiger partial charge in [0.1, 0.15) is 6.04 Å². The quantitative estimate of drug-likeness (QED) is 0.873. The fourth-order valence-electron chi connectivity index (χ4n) is 2.73. The predicted molar refractivity (Wildman–Crippen MR) is 80.4 cm³/mol. The first-order chi connectivity index (χ1) is 10.1. The number of piperidine rings is 1. The number of hydrogen-bond acceptors (Lipinski definition) is 5. The molecule has 1 atom stereocenters. The van der Waals surface area contributed by atoms with E-state index < -0.39 is 0 Å². The molecule has 3 N–H and O–H groups in total. The molecule has 2 amide bonds. The lowest BCUT2D eigenvalue weighted by molar-refractivity contribution is -0.143. The molecule has 1 saturated heterocycles. The van der Waals surface area contributed by atoms with Crippen LogP contribution < -0.4 is 11.1 Å². The van der Waals surface area contributed by atoms with Crippen LogP contribution in [0, 0.1) is 5.92 Å². The Morgan fingerprint density at radius 2 is 2.19 bits per heavy atom. The summed E-state index contributed by atoms with van der Waals surface area (Å²) < 4.78 is 0. The molecule has 1 aliphatic heterocycles. The van der Waals surface area contributed by atoms with Crippen LogP contribution in [0.4, 0.5) is 5.13 Å². The minimum absolute atomic E-state index is 0.0738. The summed E-state index contributed by atoms with van der Waals surface area (Å²) in [4.78, 5) is 30.6. The number of nitrogens with one attached hydrogen (secondary N) is 1. The molecule has 21 heavy (non-hydrogen) atoms. The maximum atomic E-state index is 12.4. The molecule has 1 aromatic rings. The van der Waals surface area contributed by atoms with E-state index in [2.05, 4.69) is 10.3 Å². The Morgan fingerprint density at radius 3 is 2.86 bits per heavy atom. The van der Waals surface area contributed by atoms with Crippen molar-refractivity contribution in [2.75, 3.05) is 12.3 Å². The molecule has 1 saturated carbocycles. The molecule has 3 rings (SSSR count). The molecule has 1 unspecified atom stereocenters. The van der Waals surface area contributed by atoms with Crippen LogP contribution in [-0.4, -0.2) is 34.3 Å². The van der Waals surface area contributed by atoms with Crippen LogP contribution in [0.3, 0.4) is 0 Å². The van der Waals surface area contributed by atoms with Crippen LogP contribution in [0.25, 0.3) is 0 Å². The molecule has 0 radical (unpaired) electrons. The maximum Gasteiger partial charge on any atom is 0.243 e. The maximum absolute atomic E-state index is 12.4. The normalized spacial score (nSPS) is 22.1. The van der Waals surface area contributed by atoms with Gasteiger partial charge in [-0.15, -0.1) is 11.3 Å². The van der Waals surface area contributed by atoms with E-state index in [1.165, 1.54) is 11.3 Å². The van der Waals surface area contributed by atoms with Crippen LogP contribution in [0.15, 0.2) is 5.38 Å². The van der Waals surface area contributed by atoms with Gasteiger partial charge in [0.05, 0.1) is 12.2 Å². The molecule has 114 valence electrons. The molecule has 7 heteroatoms.